The van der Waals surface area contributed by atoms with Crippen LogP contribution < -0.4 is 5.32 Å². The highest BCUT2D eigenvalue weighted by molar-refractivity contribution is 5.78. The van der Waals surface area contributed by atoms with Crippen LogP contribution >= 0.6 is 0 Å². The SMILES string of the molecule is CCC(CCNC(=O)Cc1ccc(C)cc1)CCC(=O)O. The molecule has 0 spiro atoms. The van der Waals surface area contributed by atoms with Crippen LogP contribution in [0.1, 0.15) is 43.7 Å². The van der Waals surface area contributed by atoms with Gasteiger partial charge in [-0.1, -0.05) is 43.2 Å². The van der Waals surface area contributed by atoms with E-state index in [1.807, 2.05) is 31.2 Å². The highest BCUT2D eigenvalue weighted by atomic mass is 16.4. The second kappa shape index (κ2) is 9.16. The lowest BCUT2D eigenvalue weighted by molar-refractivity contribution is -0.137. The molecule has 4 nitrogen and oxygen atoms in total. The number of aliphatic carboxylic acids is 1. The summed E-state index contributed by atoms with van der Waals surface area (Å²) in [4.78, 5) is 22.4. The number of benzene rings is 1. The molecule has 0 aliphatic rings. The van der Waals surface area contributed by atoms with Crippen molar-refractivity contribution < 1.29 is 14.7 Å². The van der Waals surface area contributed by atoms with Gasteiger partial charge >= 0.3 is 5.97 Å². The van der Waals surface area contributed by atoms with Crippen molar-refractivity contribution in [3.63, 3.8) is 0 Å². The van der Waals surface area contributed by atoms with Gasteiger partial charge in [0.1, 0.15) is 0 Å². The smallest absolute Gasteiger partial charge is 0.303 e. The minimum atomic E-state index is -0.753. The number of rotatable bonds is 9. The molecule has 4 heteroatoms. The zero-order valence-electron chi connectivity index (χ0n) is 12.9. The first kappa shape index (κ1) is 17.2. The second-order valence-electron chi connectivity index (χ2n) is 5.51. The molecule has 116 valence electrons. The molecule has 0 heterocycles. The van der Waals surface area contributed by atoms with E-state index in [9.17, 15) is 9.59 Å². The molecular weight excluding hydrogens is 266 g/mol. The Kier molecular flexibility index (Phi) is 7.51. The molecule has 1 amide bonds. The molecule has 1 atom stereocenters. The summed E-state index contributed by atoms with van der Waals surface area (Å²) in [6.45, 7) is 4.69. The summed E-state index contributed by atoms with van der Waals surface area (Å²) >= 11 is 0. The lowest BCUT2D eigenvalue weighted by atomic mass is 9.96. The number of carboxylic acid groups (broad SMARTS) is 1. The molecule has 0 saturated carbocycles. The van der Waals surface area contributed by atoms with Gasteiger partial charge in [-0.3, -0.25) is 9.59 Å². The molecular formula is C17H25NO3. The molecule has 1 unspecified atom stereocenters. The normalized spacial score (nSPS) is 11.9. The number of aryl methyl sites for hydroxylation is 1. The van der Waals surface area contributed by atoms with Gasteiger partial charge in [-0.25, -0.2) is 0 Å². The summed E-state index contributed by atoms with van der Waals surface area (Å²) in [7, 11) is 0. The summed E-state index contributed by atoms with van der Waals surface area (Å²) in [5.74, 6) is -0.371. The lowest BCUT2D eigenvalue weighted by Gasteiger charge is -2.14. The van der Waals surface area contributed by atoms with Crippen LogP contribution in [0.5, 0.6) is 0 Å². The second-order valence-corrected chi connectivity index (χ2v) is 5.51. The fourth-order valence-electron chi connectivity index (χ4n) is 2.25. The van der Waals surface area contributed by atoms with Gasteiger partial charge in [0.2, 0.25) is 5.91 Å². The molecule has 0 aromatic heterocycles. The quantitative estimate of drug-likeness (QED) is 0.735. The lowest BCUT2D eigenvalue weighted by Crippen LogP contribution is -2.27. The number of amides is 1. The van der Waals surface area contributed by atoms with Crippen molar-refractivity contribution in [2.45, 2.75) is 46.0 Å². The number of nitrogens with one attached hydrogen (secondary N) is 1. The first-order valence-corrected chi connectivity index (χ1v) is 7.55. The predicted molar refractivity (Wildman–Crippen MR) is 83.2 cm³/mol. The van der Waals surface area contributed by atoms with Gasteiger partial charge in [0.15, 0.2) is 0 Å². The monoisotopic (exact) mass is 291 g/mol. The van der Waals surface area contributed by atoms with Crippen molar-refractivity contribution in [1.82, 2.24) is 5.32 Å². The van der Waals surface area contributed by atoms with E-state index in [1.165, 1.54) is 5.56 Å². The highest BCUT2D eigenvalue weighted by Crippen LogP contribution is 2.14. The van der Waals surface area contributed by atoms with Crippen LogP contribution in [-0.4, -0.2) is 23.5 Å². The molecule has 0 aliphatic carbocycles. The van der Waals surface area contributed by atoms with Gasteiger partial charge in [-0.05, 0) is 31.2 Å². The number of carboxylic acids is 1. The Morgan fingerprint density at radius 1 is 1.19 bits per heavy atom. The molecule has 0 radical (unpaired) electrons. The molecule has 0 saturated heterocycles. The van der Waals surface area contributed by atoms with E-state index in [-0.39, 0.29) is 12.3 Å². The van der Waals surface area contributed by atoms with E-state index in [0.717, 1.165) is 18.4 Å². The van der Waals surface area contributed by atoms with Gasteiger partial charge in [-0.2, -0.15) is 0 Å². The molecule has 1 aromatic carbocycles. The average Bonchev–Trinajstić information content (AvgIpc) is 2.45. The topological polar surface area (TPSA) is 66.4 Å². The molecule has 2 N–H and O–H groups in total. The number of hydrogen-bond donors (Lipinski definition) is 2. The van der Waals surface area contributed by atoms with Crippen molar-refractivity contribution in [2.24, 2.45) is 5.92 Å². The van der Waals surface area contributed by atoms with Crippen molar-refractivity contribution >= 4 is 11.9 Å². The van der Waals surface area contributed by atoms with Crippen LogP contribution in [0.25, 0.3) is 0 Å². The van der Waals surface area contributed by atoms with Crippen molar-refractivity contribution in [3.8, 4) is 0 Å². The fourth-order valence-corrected chi connectivity index (χ4v) is 2.25. The average molecular weight is 291 g/mol. The van der Waals surface area contributed by atoms with Gasteiger partial charge in [0.25, 0.3) is 0 Å². The van der Waals surface area contributed by atoms with Gasteiger partial charge in [0.05, 0.1) is 6.42 Å². The Morgan fingerprint density at radius 2 is 1.86 bits per heavy atom. The maximum Gasteiger partial charge on any atom is 0.303 e. The molecule has 0 bridgehead atoms. The third kappa shape index (κ3) is 7.49. The first-order valence-electron chi connectivity index (χ1n) is 7.55. The molecule has 0 aliphatic heterocycles. The Labute approximate surface area is 126 Å². The zero-order valence-corrected chi connectivity index (χ0v) is 12.9. The fraction of sp³-hybridized carbons (Fsp3) is 0.529. The standard InChI is InChI=1S/C17H25NO3/c1-3-14(8-9-17(20)21)10-11-18-16(19)12-15-6-4-13(2)5-7-15/h4-7,14H,3,8-12H2,1-2H3,(H,18,19)(H,20,21). The minimum absolute atomic E-state index is 0.0203. The summed E-state index contributed by atoms with van der Waals surface area (Å²) in [5.41, 5.74) is 2.19. The third-order valence-corrected chi connectivity index (χ3v) is 3.70. The molecule has 0 fully saturated rings. The van der Waals surface area contributed by atoms with Gasteiger partial charge < -0.3 is 10.4 Å². The molecule has 21 heavy (non-hydrogen) atoms. The van der Waals surface area contributed by atoms with Crippen LogP contribution in [0.3, 0.4) is 0 Å². The summed E-state index contributed by atoms with van der Waals surface area (Å²) in [6, 6.07) is 7.94. The third-order valence-electron chi connectivity index (χ3n) is 3.70. The van der Waals surface area contributed by atoms with Gasteiger partial charge in [-0.15, -0.1) is 0 Å². The van der Waals surface area contributed by atoms with Crippen LogP contribution in [0.15, 0.2) is 24.3 Å². The van der Waals surface area contributed by atoms with Crippen molar-refractivity contribution in [3.05, 3.63) is 35.4 Å². The zero-order chi connectivity index (χ0) is 15.7. The summed E-state index contributed by atoms with van der Waals surface area (Å²) < 4.78 is 0. The van der Waals surface area contributed by atoms with Crippen molar-refractivity contribution in [1.29, 1.82) is 0 Å². The number of carbonyl (C=O) groups excluding carboxylic acids is 1. The maximum absolute atomic E-state index is 11.8. The predicted octanol–water partition coefficient (Wildman–Crippen LogP) is 2.93. The Bertz CT molecular complexity index is 454. The molecule has 1 aromatic rings. The highest BCUT2D eigenvalue weighted by Gasteiger charge is 2.10. The van der Waals surface area contributed by atoms with E-state index >= 15 is 0 Å². The van der Waals surface area contributed by atoms with E-state index in [4.69, 9.17) is 5.11 Å². The Morgan fingerprint density at radius 3 is 2.43 bits per heavy atom. The Hall–Kier alpha value is -1.84. The van der Waals surface area contributed by atoms with E-state index in [1.54, 1.807) is 0 Å². The van der Waals surface area contributed by atoms with Crippen LogP contribution in [0.4, 0.5) is 0 Å². The largest absolute Gasteiger partial charge is 0.481 e. The minimum Gasteiger partial charge on any atom is -0.481 e. The van der Waals surface area contributed by atoms with Crippen molar-refractivity contribution in [2.75, 3.05) is 6.54 Å². The Balaban J connectivity index is 2.25. The molecule has 1 rings (SSSR count). The van der Waals surface area contributed by atoms with E-state index in [0.29, 0.717) is 25.3 Å². The number of hydrogen-bond acceptors (Lipinski definition) is 2. The maximum atomic E-state index is 11.8. The van der Waals surface area contributed by atoms with Crippen LogP contribution in [-0.2, 0) is 16.0 Å². The van der Waals surface area contributed by atoms with Gasteiger partial charge in [0, 0.05) is 13.0 Å². The van der Waals surface area contributed by atoms with E-state index < -0.39 is 5.97 Å². The van der Waals surface area contributed by atoms with Crippen LogP contribution in [0, 0.1) is 12.8 Å². The summed E-state index contributed by atoms with van der Waals surface area (Å²) in [6.07, 6.45) is 3.06. The van der Waals surface area contributed by atoms with Crippen LogP contribution in [0.2, 0.25) is 0 Å². The summed E-state index contributed by atoms with van der Waals surface area (Å²) in [5, 5.41) is 11.6. The first-order chi connectivity index (χ1) is 10.0. The number of carbonyl (C=O) groups is 2. The van der Waals surface area contributed by atoms with E-state index in [2.05, 4.69) is 12.2 Å².